The van der Waals surface area contributed by atoms with E-state index in [1.807, 2.05) is 0 Å². The predicted molar refractivity (Wildman–Crippen MR) is 130 cm³/mol. The lowest BCUT2D eigenvalue weighted by Gasteiger charge is -2.34. The van der Waals surface area contributed by atoms with Gasteiger partial charge in [-0.1, -0.05) is 12.1 Å². The van der Waals surface area contributed by atoms with Crippen molar-refractivity contribution in [2.75, 3.05) is 19.9 Å². The van der Waals surface area contributed by atoms with Gasteiger partial charge in [0, 0.05) is 31.3 Å². The fourth-order valence-corrected chi connectivity index (χ4v) is 5.64. The van der Waals surface area contributed by atoms with Crippen LogP contribution in [-0.4, -0.2) is 46.5 Å². The van der Waals surface area contributed by atoms with Gasteiger partial charge < -0.3 is 4.74 Å². The van der Waals surface area contributed by atoms with Crippen molar-refractivity contribution in [3.05, 3.63) is 69.5 Å². The van der Waals surface area contributed by atoms with E-state index in [2.05, 4.69) is 4.72 Å². The van der Waals surface area contributed by atoms with E-state index < -0.39 is 53.5 Å². The summed E-state index contributed by atoms with van der Waals surface area (Å²) in [5.74, 6) is -0.914. The lowest BCUT2D eigenvalue weighted by atomic mass is 9.94. The van der Waals surface area contributed by atoms with Gasteiger partial charge in [0.15, 0.2) is 0 Å². The highest BCUT2D eigenvalue weighted by molar-refractivity contribution is 7.89. The Morgan fingerprint density at radius 2 is 1.74 bits per heavy atom. The van der Waals surface area contributed by atoms with Crippen LogP contribution >= 0.6 is 0 Å². The molecule has 12 heteroatoms. The molecule has 0 radical (unpaired) electrons. The van der Waals surface area contributed by atoms with Crippen LogP contribution in [0.1, 0.15) is 38.8 Å². The number of nitro benzene ring substituents is 1. The van der Waals surface area contributed by atoms with Crippen molar-refractivity contribution in [1.82, 2.24) is 9.03 Å². The number of non-ortho nitro benzene ring substituents is 1. The zero-order valence-electron chi connectivity index (χ0n) is 20.0. The number of ether oxygens (including phenoxy) is 1. The highest BCUT2D eigenvalue weighted by atomic mass is 32.2. The van der Waals surface area contributed by atoms with E-state index >= 15 is 0 Å². The molecule has 2 aromatic carbocycles. The number of hydrogen-bond donors (Lipinski definition) is 1. The molecule has 0 aliphatic heterocycles. The first-order valence-corrected chi connectivity index (χ1v) is 13.1. The van der Waals surface area contributed by atoms with Gasteiger partial charge in [0.2, 0.25) is 10.0 Å². The minimum Gasteiger partial charge on any atom is -0.497 e. The predicted octanol–water partition coefficient (Wildman–Crippen LogP) is 3.47. The highest BCUT2D eigenvalue weighted by Gasteiger charge is 2.40. The molecule has 0 heterocycles. The number of rotatable bonds is 10. The van der Waals surface area contributed by atoms with Crippen LogP contribution in [0.4, 0.5) is 10.1 Å². The monoisotopic (exact) mass is 515 g/mol. The van der Waals surface area contributed by atoms with Crippen molar-refractivity contribution < 1.29 is 26.7 Å². The van der Waals surface area contributed by atoms with Crippen molar-refractivity contribution in [2.24, 2.45) is 0 Å². The van der Waals surface area contributed by atoms with Gasteiger partial charge in [-0.05, 0) is 51.5 Å². The van der Waals surface area contributed by atoms with Gasteiger partial charge in [-0.2, -0.15) is 0 Å². The van der Waals surface area contributed by atoms with Crippen LogP contribution in [0.3, 0.4) is 0 Å². The summed E-state index contributed by atoms with van der Waals surface area (Å²) in [5, 5.41) is 11.3. The summed E-state index contributed by atoms with van der Waals surface area (Å²) in [7, 11) is -2.96. The molecule has 0 aliphatic carbocycles. The third kappa shape index (κ3) is 6.81. The van der Waals surface area contributed by atoms with Gasteiger partial charge in [-0.15, -0.1) is 0 Å². The topological polar surface area (TPSA) is 119 Å². The summed E-state index contributed by atoms with van der Waals surface area (Å²) in [6.45, 7) is 6.42. The Labute approximate surface area is 202 Å². The van der Waals surface area contributed by atoms with Crippen molar-refractivity contribution >= 4 is 26.7 Å². The summed E-state index contributed by atoms with van der Waals surface area (Å²) in [6, 6.07) is 9.71. The minimum atomic E-state index is -4.05. The minimum absolute atomic E-state index is 0.0299. The molecule has 188 valence electrons. The lowest BCUT2D eigenvalue weighted by Crippen LogP contribution is -2.52. The smallest absolute Gasteiger partial charge is 0.269 e. The highest BCUT2D eigenvalue weighted by Crippen LogP contribution is 2.31. The number of nitrogens with zero attached hydrogens (tertiary/aromatic N) is 2. The molecule has 0 aromatic heterocycles. The van der Waals surface area contributed by atoms with Gasteiger partial charge in [-0.25, -0.2) is 26.0 Å². The Bertz CT molecular complexity index is 1170. The first-order valence-electron chi connectivity index (χ1n) is 10.3. The molecule has 0 aliphatic rings. The van der Waals surface area contributed by atoms with Crippen molar-refractivity contribution in [1.29, 1.82) is 0 Å². The van der Waals surface area contributed by atoms with Crippen molar-refractivity contribution in [3.8, 4) is 5.75 Å². The largest absolute Gasteiger partial charge is 0.497 e. The van der Waals surface area contributed by atoms with Crippen molar-refractivity contribution in [3.63, 3.8) is 0 Å². The number of benzene rings is 2. The van der Waals surface area contributed by atoms with Gasteiger partial charge in [0.05, 0.1) is 39.1 Å². The molecule has 0 amide bonds. The van der Waals surface area contributed by atoms with Gasteiger partial charge in [0.1, 0.15) is 11.6 Å². The van der Waals surface area contributed by atoms with E-state index in [9.17, 15) is 27.1 Å². The second-order valence-electron chi connectivity index (χ2n) is 9.10. The first kappa shape index (κ1) is 27.8. The fraction of sp³-hybridized carbons (Fsp3) is 0.455. The molecule has 2 atom stereocenters. The average molecular weight is 516 g/mol. The molecule has 0 spiro atoms. The van der Waals surface area contributed by atoms with E-state index in [-0.39, 0.29) is 12.1 Å². The fourth-order valence-electron chi connectivity index (χ4n) is 3.13. The maximum atomic E-state index is 14.9. The van der Waals surface area contributed by atoms with Gasteiger partial charge in [-0.3, -0.25) is 10.1 Å². The van der Waals surface area contributed by atoms with E-state index in [0.717, 1.165) is 22.5 Å². The van der Waals surface area contributed by atoms with Crippen LogP contribution in [0.5, 0.6) is 5.75 Å². The van der Waals surface area contributed by atoms with E-state index in [1.54, 1.807) is 45.0 Å². The summed E-state index contributed by atoms with van der Waals surface area (Å²) in [5.41, 5.74) is -1.71. The lowest BCUT2D eigenvalue weighted by molar-refractivity contribution is -0.385. The molecule has 2 aromatic rings. The van der Waals surface area contributed by atoms with Crippen LogP contribution in [0.2, 0.25) is 0 Å². The Hall–Kier alpha value is -2.41. The van der Waals surface area contributed by atoms with E-state index in [4.69, 9.17) is 4.74 Å². The number of methoxy groups -OCH3 is 1. The zero-order valence-corrected chi connectivity index (χ0v) is 21.6. The standard InChI is InChI=1S/C22H30FN3O6S2/c1-21(2,3)33(29)24-22(4,19-13-17(26(27)28)9-12-20(19)23)15-34(30,31)25(5)14-16-7-10-18(32-6)11-8-16/h7-13,24H,14-15H2,1-6H3/t22-,33+/m0/s1. The number of nitro groups is 1. The molecule has 2 rings (SSSR count). The maximum absolute atomic E-state index is 14.9. The normalized spacial score (nSPS) is 15.1. The third-order valence-corrected chi connectivity index (χ3v) is 8.91. The Morgan fingerprint density at radius 3 is 2.24 bits per heavy atom. The van der Waals surface area contributed by atoms with Crippen LogP contribution < -0.4 is 9.46 Å². The summed E-state index contributed by atoms with van der Waals surface area (Å²) in [6.07, 6.45) is 0. The molecule has 0 bridgehead atoms. The average Bonchev–Trinajstić information content (AvgIpc) is 2.73. The second kappa shape index (κ2) is 10.5. The third-order valence-electron chi connectivity index (χ3n) is 5.14. The summed E-state index contributed by atoms with van der Waals surface area (Å²) in [4.78, 5) is 10.6. The van der Waals surface area contributed by atoms with Crippen LogP contribution in [-0.2, 0) is 33.1 Å². The van der Waals surface area contributed by atoms with Crippen LogP contribution in [0.25, 0.3) is 0 Å². The molecule has 0 fully saturated rings. The number of halogens is 1. The molecule has 0 unspecified atom stereocenters. The van der Waals surface area contributed by atoms with Crippen LogP contribution in [0.15, 0.2) is 42.5 Å². The number of sulfonamides is 1. The SMILES string of the molecule is COc1ccc(CN(C)S(=O)(=O)C[C@](C)(N[S@](=O)C(C)(C)C)c2cc([N+](=O)[O-])ccc2F)cc1. The molecule has 0 saturated heterocycles. The van der Waals surface area contributed by atoms with E-state index in [1.165, 1.54) is 21.1 Å². The Balaban J connectivity index is 2.47. The molecule has 0 saturated carbocycles. The first-order chi connectivity index (χ1) is 15.6. The van der Waals surface area contributed by atoms with Gasteiger partial charge in [0.25, 0.3) is 5.69 Å². The van der Waals surface area contributed by atoms with Gasteiger partial charge >= 0.3 is 0 Å². The van der Waals surface area contributed by atoms with Crippen LogP contribution in [0, 0.1) is 15.9 Å². The molecule has 1 N–H and O–H groups in total. The quantitative estimate of drug-likeness (QED) is 0.382. The zero-order chi connectivity index (χ0) is 25.9. The molecular weight excluding hydrogens is 485 g/mol. The second-order valence-corrected chi connectivity index (χ2v) is 13.1. The van der Waals surface area contributed by atoms with Crippen molar-refractivity contribution in [2.45, 2.75) is 44.5 Å². The summed E-state index contributed by atoms with van der Waals surface area (Å²) < 4.78 is 62.6. The molecular formula is C22H30FN3O6S2. The molecule has 9 nitrogen and oxygen atoms in total. The van der Waals surface area contributed by atoms with E-state index in [0.29, 0.717) is 11.3 Å². The number of nitrogens with one attached hydrogen (secondary N) is 1. The maximum Gasteiger partial charge on any atom is 0.269 e. The number of hydrogen-bond acceptors (Lipinski definition) is 6. The Kier molecular flexibility index (Phi) is 8.57. The summed E-state index contributed by atoms with van der Waals surface area (Å²) >= 11 is 0. The Morgan fingerprint density at radius 1 is 1.15 bits per heavy atom. The molecule has 34 heavy (non-hydrogen) atoms.